The molecule has 2 aromatic rings. The van der Waals surface area contributed by atoms with E-state index in [9.17, 15) is 4.79 Å². The van der Waals surface area contributed by atoms with E-state index in [1.54, 1.807) is 0 Å². The summed E-state index contributed by atoms with van der Waals surface area (Å²) >= 11 is 0. The molecular weight excluding hydrogens is 376 g/mol. The van der Waals surface area contributed by atoms with Crippen LogP contribution in [0.3, 0.4) is 0 Å². The molecule has 30 heavy (non-hydrogen) atoms. The zero-order valence-electron chi connectivity index (χ0n) is 18.9. The summed E-state index contributed by atoms with van der Waals surface area (Å²) < 4.78 is 13.1. The Bertz CT molecular complexity index is 937. The van der Waals surface area contributed by atoms with Gasteiger partial charge >= 0.3 is 5.56 Å². The summed E-state index contributed by atoms with van der Waals surface area (Å²) in [7, 11) is 0. The highest BCUT2D eigenvalue weighted by Gasteiger charge is 2.18. The highest BCUT2D eigenvalue weighted by molar-refractivity contribution is 5.87. The normalized spacial score (nSPS) is 11.5. The highest BCUT2D eigenvalue weighted by atomic mass is 16.5. The number of nitrogens with two attached hydrogens (primary N) is 1. The van der Waals surface area contributed by atoms with E-state index >= 15 is 0 Å². The Morgan fingerprint density at radius 2 is 1.80 bits per heavy atom. The van der Waals surface area contributed by atoms with Crippen molar-refractivity contribution in [1.82, 2.24) is 4.68 Å². The quantitative estimate of drug-likeness (QED) is 0.274. The molecule has 0 atom stereocenters. The third kappa shape index (κ3) is 6.68. The van der Waals surface area contributed by atoms with Gasteiger partial charge in [0.25, 0.3) is 0 Å². The van der Waals surface area contributed by atoms with Crippen LogP contribution in [-0.2, 0) is 0 Å². The van der Waals surface area contributed by atoms with Gasteiger partial charge in [-0.1, -0.05) is 55.5 Å². The second-order valence-electron chi connectivity index (χ2n) is 7.94. The molecule has 0 aliphatic rings. The minimum absolute atomic E-state index is 0.181. The molecule has 0 amide bonds. The first-order chi connectivity index (χ1) is 14.5. The van der Waals surface area contributed by atoms with Gasteiger partial charge in [0.05, 0.1) is 12.1 Å². The Balaban J connectivity index is 2.22. The van der Waals surface area contributed by atoms with Crippen LogP contribution in [0.2, 0.25) is 0 Å². The van der Waals surface area contributed by atoms with Gasteiger partial charge in [0.2, 0.25) is 5.75 Å². The molecule has 0 bridgehead atoms. The smallest absolute Gasteiger partial charge is 0.315 e. The molecule has 0 aliphatic heterocycles. The first-order valence-electron chi connectivity index (χ1n) is 10.9. The molecular formula is C25H36N2O3. The van der Waals surface area contributed by atoms with Crippen molar-refractivity contribution >= 4 is 10.9 Å². The lowest BCUT2D eigenvalue weighted by Crippen LogP contribution is -2.29. The summed E-state index contributed by atoms with van der Waals surface area (Å²) in [5.74, 6) is 6.73. The predicted octanol–water partition coefficient (Wildman–Crippen LogP) is 5.75. The number of aromatic nitrogens is 1. The third-order valence-electron chi connectivity index (χ3n) is 5.02. The number of nitrogens with zero attached hydrogens (tertiary/aromatic N) is 1. The maximum atomic E-state index is 12.9. The SMILES string of the molecule is CCCCCCOc1c(OC/C=C(\C)CCC=C(C)C)c(=O)n(N)c2ccccc12. The van der Waals surface area contributed by atoms with Gasteiger partial charge in [0.1, 0.15) is 6.61 Å². The van der Waals surface area contributed by atoms with Gasteiger partial charge in [-0.3, -0.25) is 4.79 Å². The number of allylic oxidation sites excluding steroid dienone is 3. The topological polar surface area (TPSA) is 66.5 Å². The van der Waals surface area contributed by atoms with Crippen molar-refractivity contribution in [2.24, 2.45) is 0 Å². The zero-order valence-corrected chi connectivity index (χ0v) is 18.9. The van der Waals surface area contributed by atoms with Gasteiger partial charge in [-0.05, 0) is 58.2 Å². The maximum absolute atomic E-state index is 12.9. The van der Waals surface area contributed by atoms with Gasteiger partial charge < -0.3 is 15.3 Å². The average molecular weight is 413 g/mol. The number of fused-ring (bicyclic) bond motifs is 1. The summed E-state index contributed by atoms with van der Waals surface area (Å²) in [6, 6.07) is 7.49. The van der Waals surface area contributed by atoms with Crippen LogP contribution in [0.15, 0.2) is 52.4 Å². The molecule has 164 valence electrons. The van der Waals surface area contributed by atoms with Gasteiger partial charge in [-0.25, -0.2) is 4.68 Å². The van der Waals surface area contributed by atoms with Crippen molar-refractivity contribution in [3.63, 3.8) is 0 Å². The molecule has 1 aromatic carbocycles. The number of hydrogen-bond donors (Lipinski definition) is 1. The van der Waals surface area contributed by atoms with Gasteiger partial charge in [-0.15, -0.1) is 0 Å². The number of pyridine rings is 1. The van der Waals surface area contributed by atoms with Gasteiger partial charge in [-0.2, -0.15) is 0 Å². The van der Waals surface area contributed by atoms with E-state index in [4.69, 9.17) is 15.3 Å². The van der Waals surface area contributed by atoms with E-state index in [1.807, 2.05) is 30.3 Å². The molecule has 0 fully saturated rings. The van der Waals surface area contributed by atoms with Crippen LogP contribution in [0.5, 0.6) is 11.5 Å². The molecule has 0 unspecified atom stereocenters. The largest absolute Gasteiger partial charge is 0.489 e. The Morgan fingerprint density at radius 3 is 2.53 bits per heavy atom. The number of para-hydroxylation sites is 1. The lowest BCUT2D eigenvalue weighted by molar-refractivity contribution is 0.276. The molecule has 5 heteroatoms. The van der Waals surface area contributed by atoms with E-state index < -0.39 is 0 Å². The van der Waals surface area contributed by atoms with Crippen LogP contribution in [0, 0.1) is 0 Å². The number of benzene rings is 1. The fourth-order valence-electron chi connectivity index (χ4n) is 3.25. The van der Waals surface area contributed by atoms with Crippen LogP contribution in [-0.4, -0.2) is 17.9 Å². The van der Waals surface area contributed by atoms with Crippen molar-refractivity contribution in [3.05, 3.63) is 57.9 Å². The highest BCUT2D eigenvalue weighted by Crippen LogP contribution is 2.32. The van der Waals surface area contributed by atoms with Crippen LogP contribution in [0.1, 0.15) is 66.2 Å². The molecule has 2 rings (SSSR count). The first kappa shape index (κ1) is 23.6. The molecule has 0 saturated carbocycles. The van der Waals surface area contributed by atoms with E-state index in [0.717, 1.165) is 35.7 Å². The van der Waals surface area contributed by atoms with Gasteiger partial charge in [0.15, 0.2) is 5.75 Å². The van der Waals surface area contributed by atoms with Crippen molar-refractivity contribution in [3.8, 4) is 11.5 Å². The number of hydrogen-bond acceptors (Lipinski definition) is 4. The Labute approximate surface area is 180 Å². The van der Waals surface area contributed by atoms with Crippen molar-refractivity contribution in [1.29, 1.82) is 0 Å². The number of unbranched alkanes of at least 4 members (excludes halogenated alkanes) is 3. The summed E-state index contributed by atoms with van der Waals surface area (Å²) in [5, 5.41) is 0.786. The second kappa shape index (κ2) is 12.1. The number of nitrogen functional groups attached to an aromatic ring is 1. The van der Waals surface area contributed by atoms with Gasteiger partial charge in [0, 0.05) is 5.39 Å². The minimum Gasteiger partial charge on any atom is -0.489 e. The first-order valence-corrected chi connectivity index (χ1v) is 10.9. The molecule has 2 N–H and O–H groups in total. The molecule has 0 spiro atoms. The Morgan fingerprint density at radius 1 is 1.03 bits per heavy atom. The van der Waals surface area contributed by atoms with Crippen molar-refractivity contribution in [2.45, 2.75) is 66.2 Å². The summed E-state index contributed by atoms with van der Waals surface area (Å²) in [6.45, 7) is 9.31. The molecule has 1 aromatic heterocycles. The van der Waals surface area contributed by atoms with E-state index in [-0.39, 0.29) is 11.3 Å². The molecule has 1 heterocycles. The van der Waals surface area contributed by atoms with Crippen LogP contribution in [0.25, 0.3) is 10.9 Å². The fourth-order valence-corrected chi connectivity index (χ4v) is 3.25. The van der Waals surface area contributed by atoms with Crippen LogP contribution < -0.4 is 20.9 Å². The van der Waals surface area contributed by atoms with E-state index in [2.05, 4.69) is 33.8 Å². The second-order valence-corrected chi connectivity index (χ2v) is 7.94. The van der Waals surface area contributed by atoms with Crippen molar-refractivity contribution < 1.29 is 9.47 Å². The minimum atomic E-state index is -0.382. The van der Waals surface area contributed by atoms with Crippen LogP contribution >= 0.6 is 0 Å². The number of ether oxygens (including phenoxy) is 2. The Kier molecular flexibility index (Phi) is 9.52. The fraction of sp³-hybridized carbons (Fsp3) is 0.480. The summed E-state index contributed by atoms with van der Waals surface area (Å²) in [4.78, 5) is 12.9. The standard InChI is InChI=1S/C25H36N2O3/c1-5-6-7-10-17-29-23-21-14-8-9-15-22(21)27(26)25(28)24(23)30-18-16-20(4)13-11-12-19(2)3/h8-9,12,14-16H,5-7,10-11,13,17-18,26H2,1-4H3/b20-16+. The summed E-state index contributed by atoms with van der Waals surface area (Å²) in [5.41, 5.74) is 2.79. The molecule has 0 saturated heterocycles. The lowest BCUT2D eigenvalue weighted by Gasteiger charge is -2.16. The Hall–Kier alpha value is -2.69. The monoisotopic (exact) mass is 412 g/mol. The molecule has 0 radical (unpaired) electrons. The average Bonchev–Trinajstić information content (AvgIpc) is 2.72. The van der Waals surface area contributed by atoms with Crippen molar-refractivity contribution in [2.75, 3.05) is 19.1 Å². The predicted molar refractivity (Wildman–Crippen MR) is 126 cm³/mol. The molecule has 5 nitrogen and oxygen atoms in total. The maximum Gasteiger partial charge on any atom is 0.315 e. The zero-order chi connectivity index (χ0) is 21.9. The van der Waals surface area contributed by atoms with E-state index in [0.29, 0.717) is 24.5 Å². The number of rotatable bonds is 12. The van der Waals surface area contributed by atoms with E-state index in [1.165, 1.54) is 24.0 Å². The molecule has 0 aliphatic carbocycles. The summed E-state index contributed by atoms with van der Waals surface area (Å²) in [6.07, 6.45) is 10.6. The third-order valence-corrected chi connectivity index (χ3v) is 5.02. The van der Waals surface area contributed by atoms with Crippen LogP contribution in [0.4, 0.5) is 0 Å². The lowest BCUT2D eigenvalue weighted by atomic mass is 10.1.